The molecule has 2 aromatic rings. The summed E-state index contributed by atoms with van der Waals surface area (Å²) in [5.41, 5.74) is 3.27. The summed E-state index contributed by atoms with van der Waals surface area (Å²) < 4.78 is 34.6. The van der Waals surface area contributed by atoms with Gasteiger partial charge in [-0.3, -0.25) is 4.99 Å². The molecule has 0 amide bonds. The Kier molecular flexibility index (Phi) is 7.85. The van der Waals surface area contributed by atoms with Gasteiger partial charge in [-0.2, -0.15) is 8.78 Å². The predicted octanol–water partition coefficient (Wildman–Crippen LogP) is 3.51. The van der Waals surface area contributed by atoms with E-state index in [1.54, 1.807) is 19.2 Å². The fourth-order valence-electron chi connectivity index (χ4n) is 2.60. The van der Waals surface area contributed by atoms with Gasteiger partial charge in [0.05, 0.1) is 7.11 Å². The molecule has 0 aliphatic rings. The standard InChI is InChI=1S/C20H25F2N3O2/c1-14-6-4-5-7-16(14)13-25-20(23-2)24-11-10-15-8-9-17(26-3)18(12-15)27-19(21)22/h4-9,12,19H,10-11,13H2,1-3H3,(H2,23,24,25). The van der Waals surface area contributed by atoms with Crippen molar-refractivity contribution >= 4 is 5.96 Å². The highest BCUT2D eigenvalue weighted by atomic mass is 19.3. The number of aliphatic imine (C=N–C) groups is 1. The average molecular weight is 377 g/mol. The maximum atomic E-state index is 12.5. The third-order valence-electron chi connectivity index (χ3n) is 4.08. The van der Waals surface area contributed by atoms with Crippen LogP contribution in [0.4, 0.5) is 8.78 Å². The van der Waals surface area contributed by atoms with E-state index in [2.05, 4.69) is 39.4 Å². The first kappa shape index (κ1) is 20.5. The van der Waals surface area contributed by atoms with Crippen molar-refractivity contribution in [2.45, 2.75) is 26.5 Å². The van der Waals surface area contributed by atoms with E-state index in [1.165, 1.54) is 18.2 Å². The molecule has 0 aliphatic carbocycles. The molecule has 0 aliphatic heterocycles. The molecule has 0 spiro atoms. The van der Waals surface area contributed by atoms with Crippen LogP contribution in [-0.2, 0) is 13.0 Å². The number of alkyl halides is 2. The lowest BCUT2D eigenvalue weighted by atomic mass is 10.1. The second-order valence-electron chi connectivity index (χ2n) is 5.89. The van der Waals surface area contributed by atoms with Crippen LogP contribution in [0.25, 0.3) is 0 Å². The van der Waals surface area contributed by atoms with Gasteiger partial charge >= 0.3 is 6.61 Å². The number of nitrogens with zero attached hydrogens (tertiary/aromatic N) is 1. The number of halogens is 2. The molecule has 0 aromatic heterocycles. The van der Waals surface area contributed by atoms with Crippen LogP contribution in [0.15, 0.2) is 47.5 Å². The first-order valence-electron chi connectivity index (χ1n) is 8.64. The van der Waals surface area contributed by atoms with E-state index >= 15 is 0 Å². The Hall–Kier alpha value is -2.83. The number of hydrogen-bond donors (Lipinski definition) is 2. The molecular weight excluding hydrogens is 352 g/mol. The molecule has 2 N–H and O–H groups in total. The van der Waals surface area contributed by atoms with E-state index < -0.39 is 6.61 Å². The average Bonchev–Trinajstić information content (AvgIpc) is 2.65. The lowest BCUT2D eigenvalue weighted by Gasteiger charge is -2.14. The maximum Gasteiger partial charge on any atom is 0.387 e. The van der Waals surface area contributed by atoms with Crippen molar-refractivity contribution in [3.8, 4) is 11.5 Å². The van der Waals surface area contributed by atoms with E-state index in [9.17, 15) is 8.78 Å². The molecule has 0 saturated carbocycles. The van der Waals surface area contributed by atoms with Gasteiger partial charge in [0.15, 0.2) is 17.5 Å². The summed E-state index contributed by atoms with van der Waals surface area (Å²) in [6.07, 6.45) is 0.620. The highest BCUT2D eigenvalue weighted by molar-refractivity contribution is 5.79. The number of guanidine groups is 1. The molecule has 0 heterocycles. The van der Waals surface area contributed by atoms with Gasteiger partial charge in [0.25, 0.3) is 0 Å². The van der Waals surface area contributed by atoms with Gasteiger partial charge in [-0.15, -0.1) is 0 Å². The lowest BCUT2D eigenvalue weighted by Crippen LogP contribution is -2.38. The minimum Gasteiger partial charge on any atom is -0.493 e. The Bertz CT molecular complexity index is 767. The Morgan fingerprint density at radius 1 is 1.11 bits per heavy atom. The molecule has 2 rings (SSSR count). The first-order chi connectivity index (χ1) is 13.0. The number of ether oxygens (including phenoxy) is 2. The van der Waals surface area contributed by atoms with Gasteiger partial charge in [-0.1, -0.05) is 30.3 Å². The third-order valence-corrected chi connectivity index (χ3v) is 4.08. The molecule has 146 valence electrons. The van der Waals surface area contributed by atoms with E-state index in [-0.39, 0.29) is 11.5 Å². The molecule has 2 aromatic carbocycles. The molecule has 0 atom stereocenters. The fourth-order valence-corrected chi connectivity index (χ4v) is 2.60. The molecule has 0 unspecified atom stereocenters. The summed E-state index contributed by atoms with van der Waals surface area (Å²) in [4.78, 5) is 4.20. The SMILES string of the molecule is CN=C(NCCc1ccc(OC)c(OC(F)F)c1)NCc1ccccc1C. The summed E-state index contributed by atoms with van der Waals surface area (Å²) in [7, 11) is 3.12. The van der Waals surface area contributed by atoms with Crippen LogP contribution in [0.5, 0.6) is 11.5 Å². The second-order valence-corrected chi connectivity index (χ2v) is 5.89. The van der Waals surface area contributed by atoms with Gasteiger partial charge in [-0.05, 0) is 42.2 Å². The van der Waals surface area contributed by atoms with E-state index in [0.29, 0.717) is 25.5 Å². The molecule has 7 heteroatoms. The summed E-state index contributed by atoms with van der Waals surface area (Å²) in [5, 5.41) is 6.48. The predicted molar refractivity (Wildman–Crippen MR) is 103 cm³/mol. The lowest BCUT2D eigenvalue weighted by molar-refractivity contribution is -0.0512. The number of nitrogens with one attached hydrogen (secondary N) is 2. The fraction of sp³-hybridized carbons (Fsp3) is 0.350. The normalized spacial score (nSPS) is 11.4. The van der Waals surface area contributed by atoms with Crippen LogP contribution in [-0.4, -0.2) is 33.3 Å². The largest absolute Gasteiger partial charge is 0.493 e. The van der Waals surface area contributed by atoms with Crippen LogP contribution < -0.4 is 20.1 Å². The van der Waals surface area contributed by atoms with E-state index in [0.717, 1.165) is 5.56 Å². The van der Waals surface area contributed by atoms with Gasteiger partial charge in [0.1, 0.15) is 0 Å². The Balaban J connectivity index is 1.87. The number of benzene rings is 2. The maximum absolute atomic E-state index is 12.5. The number of aryl methyl sites for hydroxylation is 1. The molecular formula is C20H25F2N3O2. The third kappa shape index (κ3) is 6.44. The van der Waals surface area contributed by atoms with Crippen molar-refractivity contribution in [1.29, 1.82) is 0 Å². The summed E-state index contributed by atoms with van der Waals surface area (Å²) in [5.74, 6) is 0.991. The molecule has 27 heavy (non-hydrogen) atoms. The van der Waals surface area contributed by atoms with Crippen molar-refractivity contribution in [2.24, 2.45) is 4.99 Å². The van der Waals surface area contributed by atoms with E-state index in [4.69, 9.17) is 4.74 Å². The van der Waals surface area contributed by atoms with Gasteiger partial charge in [0, 0.05) is 20.1 Å². The Labute approximate surface area is 158 Å². The summed E-state index contributed by atoms with van der Waals surface area (Å²) in [6, 6.07) is 13.2. The topological polar surface area (TPSA) is 54.9 Å². The van der Waals surface area contributed by atoms with Crippen LogP contribution in [0.3, 0.4) is 0 Å². The first-order valence-corrected chi connectivity index (χ1v) is 8.64. The van der Waals surface area contributed by atoms with Crippen molar-refractivity contribution < 1.29 is 18.3 Å². The molecule has 0 bridgehead atoms. The van der Waals surface area contributed by atoms with Crippen molar-refractivity contribution in [3.05, 3.63) is 59.2 Å². The molecule has 5 nitrogen and oxygen atoms in total. The minimum absolute atomic E-state index is 0.0343. The summed E-state index contributed by atoms with van der Waals surface area (Å²) >= 11 is 0. The van der Waals surface area contributed by atoms with Gasteiger partial charge in [0.2, 0.25) is 0 Å². The van der Waals surface area contributed by atoms with Crippen molar-refractivity contribution in [2.75, 3.05) is 20.7 Å². The van der Waals surface area contributed by atoms with E-state index in [1.807, 2.05) is 18.2 Å². The van der Waals surface area contributed by atoms with Crippen LogP contribution in [0, 0.1) is 6.92 Å². The number of methoxy groups -OCH3 is 1. The zero-order chi connectivity index (χ0) is 19.6. The van der Waals surface area contributed by atoms with Crippen molar-refractivity contribution in [3.63, 3.8) is 0 Å². The highest BCUT2D eigenvalue weighted by Gasteiger charge is 2.11. The molecule has 0 fully saturated rings. The Morgan fingerprint density at radius 3 is 2.56 bits per heavy atom. The number of hydrogen-bond acceptors (Lipinski definition) is 3. The Morgan fingerprint density at radius 2 is 1.89 bits per heavy atom. The van der Waals surface area contributed by atoms with Crippen LogP contribution in [0.1, 0.15) is 16.7 Å². The van der Waals surface area contributed by atoms with Crippen molar-refractivity contribution in [1.82, 2.24) is 10.6 Å². The van der Waals surface area contributed by atoms with Gasteiger partial charge in [-0.25, -0.2) is 0 Å². The second kappa shape index (κ2) is 10.4. The minimum atomic E-state index is -2.89. The molecule has 0 saturated heterocycles. The van der Waals surface area contributed by atoms with Crippen LogP contribution >= 0.6 is 0 Å². The summed E-state index contributed by atoms with van der Waals surface area (Å²) in [6.45, 7) is 0.433. The smallest absolute Gasteiger partial charge is 0.387 e. The monoisotopic (exact) mass is 377 g/mol. The zero-order valence-corrected chi connectivity index (χ0v) is 15.8. The molecule has 0 radical (unpaired) electrons. The quantitative estimate of drug-likeness (QED) is 0.546. The zero-order valence-electron chi connectivity index (χ0n) is 15.8. The number of rotatable bonds is 8. The highest BCUT2D eigenvalue weighted by Crippen LogP contribution is 2.29. The van der Waals surface area contributed by atoms with Gasteiger partial charge < -0.3 is 20.1 Å². The van der Waals surface area contributed by atoms with Crippen LogP contribution in [0.2, 0.25) is 0 Å².